The number of hydrogen-bond donors (Lipinski definition) is 12. The first-order valence-corrected chi connectivity index (χ1v) is 22.9. The summed E-state index contributed by atoms with van der Waals surface area (Å²) in [6.07, 6.45) is -13.4. The topological polar surface area (TPSA) is 332 Å². The molecule has 0 spiro atoms. The maximum Gasteiger partial charge on any atom is 0.307 e. The molecule has 12 N–H and O–H groups in total. The maximum atomic E-state index is 12.8. The Morgan fingerprint density at radius 3 is 1.27 bits per heavy atom. The molecule has 20 heteroatoms. The highest BCUT2D eigenvalue weighted by Crippen LogP contribution is 2.37. The molecule has 2 fully saturated rings. The van der Waals surface area contributed by atoms with Crippen LogP contribution in [-0.2, 0) is 54.3 Å². The van der Waals surface area contributed by atoms with Crippen molar-refractivity contribution in [2.75, 3.05) is 26.3 Å². The lowest BCUT2D eigenvalue weighted by molar-refractivity contribution is -0.277. The minimum Gasteiger partial charge on any atom is -0.481 e. The Kier molecular flexibility index (Phi) is 19.2. The SMILES string of the molecule is O=C(O)Cc1cccc(-c2cc(CCCC(=O)NCCNC(=O)CCCc3ccc(O[C@H]4O[C@H](CO)[C@@H](O)[C@@H](O)[C@@H]4O)c(-c4cccc(CC(=O)O)c4)c3)ccc2O[C@H]2O[C@H](CO)[C@@H](O)[C@@H](O)[C@@H]2O)c1. The standard InChI is InChI=1S/C50H60N2O18/c53-25-37-43(61)45(63)47(65)49(69-37)67-35-15-13-27(21-33(35)31-9-1-7-29(19-31)23-41(57)58)5-3-11-39(55)51-17-18-52-40(56)12-4-6-28-14-16-36(68-50-48(66)46(64)44(62)38(26-54)70-50)34(22-28)32-10-2-8-30(20-32)24-42(59)60/h1-2,7-10,13-16,19-22,37-38,43-50,53-54,61-66H,3-6,11-12,17-18,23-26H2,(H,51,55)(H,52,56)(H,57,58)(H,59,60)/t37-,38-,43-,44-,45-,46-,47+,48+,49+,50+/m1/s1. The van der Waals surface area contributed by atoms with E-state index in [1.807, 2.05) is 0 Å². The molecule has 70 heavy (non-hydrogen) atoms. The summed E-state index contributed by atoms with van der Waals surface area (Å²) in [4.78, 5) is 48.4. The minimum absolute atomic E-state index is 0.165. The number of aliphatic carboxylic acids is 2. The fourth-order valence-electron chi connectivity index (χ4n) is 8.24. The zero-order valence-electron chi connectivity index (χ0n) is 38.1. The third kappa shape index (κ3) is 14.3. The highest BCUT2D eigenvalue weighted by Gasteiger charge is 2.46. The molecule has 0 unspecified atom stereocenters. The normalized spacial score (nSPS) is 24.3. The van der Waals surface area contributed by atoms with E-state index in [0.29, 0.717) is 59.1 Å². The Morgan fingerprint density at radius 2 is 0.900 bits per heavy atom. The van der Waals surface area contributed by atoms with Gasteiger partial charge in [-0.2, -0.15) is 0 Å². The first-order valence-electron chi connectivity index (χ1n) is 22.9. The van der Waals surface area contributed by atoms with Crippen molar-refractivity contribution in [3.8, 4) is 33.8 Å². The van der Waals surface area contributed by atoms with Crippen LogP contribution in [0.15, 0.2) is 84.9 Å². The summed E-state index contributed by atoms with van der Waals surface area (Å²) in [6, 6.07) is 23.9. The third-order valence-electron chi connectivity index (χ3n) is 12.0. The number of carbonyl (C=O) groups is 4. The van der Waals surface area contributed by atoms with Gasteiger partial charge >= 0.3 is 11.9 Å². The highest BCUT2D eigenvalue weighted by molar-refractivity contribution is 5.78. The number of hydrogen-bond acceptors (Lipinski definition) is 16. The van der Waals surface area contributed by atoms with Crippen LogP contribution in [0.1, 0.15) is 47.9 Å². The van der Waals surface area contributed by atoms with E-state index in [1.165, 1.54) is 0 Å². The van der Waals surface area contributed by atoms with Gasteiger partial charge in [0.15, 0.2) is 0 Å². The number of ether oxygens (including phenoxy) is 4. The van der Waals surface area contributed by atoms with Gasteiger partial charge in [0.05, 0.1) is 26.1 Å². The lowest BCUT2D eigenvalue weighted by Gasteiger charge is -2.39. The van der Waals surface area contributed by atoms with Crippen LogP contribution in [0.5, 0.6) is 11.5 Å². The monoisotopic (exact) mass is 976 g/mol. The molecule has 10 atom stereocenters. The van der Waals surface area contributed by atoms with Crippen LogP contribution in [0.4, 0.5) is 0 Å². The number of aliphatic hydroxyl groups excluding tert-OH is 8. The van der Waals surface area contributed by atoms with E-state index in [-0.39, 0.29) is 62.1 Å². The summed E-state index contributed by atoms with van der Waals surface area (Å²) in [5, 5.41) is 106. The largest absolute Gasteiger partial charge is 0.481 e. The molecular weight excluding hydrogens is 917 g/mol. The van der Waals surface area contributed by atoms with Crippen molar-refractivity contribution in [3.05, 3.63) is 107 Å². The second kappa shape index (κ2) is 25.2. The van der Waals surface area contributed by atoms with Gasteiger partial charge in [-0.3, -0.25) is 19.2 Å². The first kappa shape index (κ1) is 53.3. The highest BCUT2D eigenvalue weighted by atomic mass is 16.7. The van der Waals surface area contributed by atoms with Gasteiger partial charge < -0.3 is 80.6 Å². The number of amides is 2. The van der Waals surface area contributed by atoms with Gasteiger partial charge in [0.25, 0.3) is 0 Å². The predicted octanol–water partition coefficient (Wildman–Crippen LogP) is 0.210. The molecule has 0 bridgehead atoms. The van der Waals surface area contributed by atoms with Crippen LogP contribution in [0.2, 0.25) is 0 Å². The molecule has 2 heterocycles. The van der Waals surface area contributed by atoms with E-state index in [0.717, 1.165) is 11.1 Å². The average molecular weight is 977 g/mol. The van der Waals surface area contributed by atoms with Crippen LogP contribution in [0.3, 0.4) is 0 Å². The van der Waals surface area contributed by atoms with Crippen LogP contribution < -0.4 is 20.1 Å². The van der Waals surface area contributed by atoms with Crippen molar-refractivity contribution in [1.29, 1.82) is 0 Å². The van der Waals surface area contributed by atoms with Crippen LogP contribution in [0.25, 0.3) is 22.3 Å². The molecule has 2 aliphatic rings. The van der Waals surface area contributed by atoms with Gasteiger partial charge in [-0.1, -0.05) is 60.7 Å². The van der Waals surface area contributed by atoms with Gasteiger partial charge in [0.2, 0.25) is 24.4 Å². The van der Waals surface area contributed by atoms with Crippen molar-refractivity contribution in [1.82, 2.24) is 10.6 Å². The summed E-state index contributed by atoms with van der Waals surface area (Å²) < 4.78 is 23.1. The van der Waals surface area contributed by atoms with E-state index in [1.54, 1.807) is 84.9 Å². The van der Waals surface area contributed by atoms with Gasteiger partial charge in [-0.15, -0.1) is 0 Å². The molecule has 0 aliphatic carbocycles. The molecule has 2 aliphatic heterocycles. The Balaban J connectivity index is 0.991. The predicted molar refractivity (Wildman–Crippen MR) is 247 cm³/mol. The molecule has 2 saturated heterocycles. The zero-order chi connectivity index (χ0) is 50.5. The number of carboxylic acids is 2. The Bertz CT molecular complexity index is 2250. The summed E-state index contributed by atoms with van der Waals surface area (Å²) in [6.45, 7) is -0.915. The molecule has 0 radical (unpaired) electrons. The van der Waals surface area contributed by atoms with E-state index >= 15 is 0 Å². The summed E-state index contributed by atoms with van der Waals surface area (Å²) in [5.41, 5.74) is 4.83. The molecule has 2 amide bonds. The van der Waals surface area contributed by atoms with E-state index < -0.39 is 86.6 Å². The van der Waals surface area contributed by atoms with Crippen LogP contribution in [0, 0.1) is 0 Å². The Morgan fingerprint density at radius 1 is 0.500 bits per heavy atom. The smallest absolute Gasteiger partial charge is 0.307 e. The van der Waals surface area contributed by atoms with Crippen molar-refractivity contribution < 1.29 is 89.2 Å². The lowest BCUT2D eigenvalue weighted by Crippen LogP contribution is -2.60. The Labute approximate surface area is 402 Å². The van der Waals surface area contributed by atoms with Crippen molar-refractivity contribution in [2.45, 2.75) is 113 Å². The quantitative estimate of drug-likeness (QED) is 0.0442. The van der Waals surface area contributed by atoms with Gasteiger partial charge in [-0.25, -0.2) is 0 Å². The summed E-state index contributed by atoms with van der Waals surface area (Å²) in [5.74, 6) is -2.09. The lowest BCUT2D eigenvalue weighted by atomic mass is 9.96. The molecule has 0 saturated carbocycles. The van der Waals surface area contributed by atoms with Gasteiger partial charge in [-0.05, 0) is 83.3 Å². The molecule has 20 nitrogen and oxygen atoms in total. The number of carbonyl (C=O) groups excluding carboxylic acids is 2. The average Bonchev–Trinajstić information content (AvgIpc) is 3.33. The van der Waals surface area contributed by atoms with E-state index in [4.69, 9.17) is 18.9 Å². The fraction of sp³-hybridized carbons (Fsp3) is 0.440. The van der Waals surface area contributed by atoms with Gasteiger partial charge in [0, 0.05) is 37.1 Å². The first-order chi connectivity index (χ1) is 33.5. The number of carboxylic acid groups (broad SMARTS) is 2. The van der Waals surface area contributed by atoms with E-state index in [2.05, 4.69) is 10.6 Å². The van der Waals surface area contributed by atoms with Crippen LogP contribution >= 0.6 is 0 Å². The second-order valence-electron chi connectivity index (χ2n) is 17.2. The number of rotatable bonds is 23. The molecule has 6 rings (SSSR count). The molecule has 4 aromatic carbocycles. The summed E-state index contributed by atoms with van der Waals surface area (Å²) in [7, 11) is 0. The minimum atomic E-state index is -1.66. The van der Waals surface area contributed by atoms with Gasteiger partial charge in [0.1, 0.15) is 60.3 Å². The maximum absolute atomic E-state index is 12.8. The summed E-state index contributed by atoms with van der Waals surface area (Å²) >= 11 is 0. The number of nitrogens with one attached hydrogen (secondary N) is 2. The number of aliphatic hydroxyl groups is 8. The third-order valence-corrected chi connectivity index (χ3v) is 12.0. The van der Waals surface area contributed by atoms with Crippen LogP contribution in [-0.4, -0.2) is 163 Å². The van der Waals surface area contributed by atoms with Crippen molar-refractivity contribution in [2.24, 2.45) is 0 Å². The number of aryl methyl sites for hydroxylation is 2. The van der Waals surface area contributed by atoms with Crippen molar-refractivity contribution >= 4 is 23.8 Å². The second-order valence-corrected chi connectivity index (χ2v) is 17.2. The molecule has 0 aromatic heterocycles. The van der Waals surface area contributed by atoms with Crippen molar-refractivity contribution in [3.63, 3.8) is 0 Å². The Hall–Kier alpha value is -6.04. The van der Waals surface area contributed by atoms with E-state index in [9.17, 15) is 70.2 Å². The molecule has 378 valence electrons. The zero-order valence-corrected chi connectivity index (χ0v) is 38.1. The fourth-order valence-corrected chi connectivity index (χ4v) is 8.24. The number of benzene rings is 4. The molecular formula is C50H60N2O18. The molecule has 4 aromatic rings.